The van der Waals surface area contributed by atoms with Crippen molar-refractivity contribution in [3.63, 3.8) is 0 Å². The fraction of sp³-hybridized carbons (Fsp3) is 0.364. The Labute approximate surface area is 167 Å². The Kier molecular flexibility index (Phi) is 8.34. The first-order chi connectivity index (χ1) is 13.6. The molecule has 0 saturated heterocycles. The van der Waals surface area contributed by atoms with E-state index in [-0.39, 0.29) is 5.91 Å². The number of aryl methyl sites for hydroxylation is 1. The SMILES string of the molecule is CCNC(=O)c1ccc(CNC(=NC)NCc2ccc(C)cc2OCC)cc1. The third kappa shape index (κ3) is 6.30. The lowest BCUT2D eigenvalue weighted by Gasteiger charge is -2.15. The molecule has 0 atom stereocenters. The van der Waals surface area contributed by atoms with Crippen LogP contribution >= 0.6 is 0 Å². The summed E-state index contributed by atoms with van der Waals surface area (Å²) in [6.45, 7) is 8.43. The van der Waals surface area contributed by atoms with Crippen molar-refractivity contribution in [1.29, 1.82) is 0 Å². The molecule has 6 nitrogen and oxygen atoms in total. The topological polar surface area (TPSA) is 74.8 Å². The highest BCUT2D eigenvalue weighted by molar-refractivity contribution is 5.94. The number of benzene rings is 2. The van der Waals surface area contributed by atoms with Crippen molar-refractivity contribution < 1.29 is 9.53 Å². The zero-order chi connectivity index (χ0) is 20.4. The third-order valence-electron chi connectivity index (χ3n) is 4.21. The molecule has 2 aromatic rings. The van der Waals surface area contributed by atoms with E-state index in [9.17, 15) is 4.79 Å². The number of nitrogens with zero attached hydrogens (tertiary/aromatic N) is 1. The Morgan fingerprint density at radius 2 is 1.71 bits per heavy atom. The third-order valence-corrected chi connectivity index (χ3v) is 4.21. The van der Waals surface area contributed by atoms with Crippen molar-refractivity contribution in [2.45, 2.75) is 33.9 Å². The molecule has 0 aliphatic carbocycles. The average Bonchev–Trinajstić information content (AvgIpc) is 2.70. The summed E-state index contributed by atoms with van der Waals surface area (Å²) in [5, 5.41) is 9.40. The van der Waals surface area contributed by atoms with Gasteiger partial charge >= 0.3 is 0 Å². The molecule has 0 unspecified atom stereocenters. The molecule has 0 radical (unpaired) electrons. The number of rotatable bonds is 8. The lowest BCUT2D eigenvalue weighted by Crippen LogP contribution is -2.36. The van der Waals surface area contributed by atoms with Crippen LogP contribution in [0.1, 0.15) is 40.9 Å². The van der Waals surface area contributed by atoms with Crippen LogP contribution < -0.4 is 20.7 Å². The molecule has 0 aliphatic heterocycles. The summed E-state index contributed by atoms with van der Waals surface area (Å²) in [6.07, 6.45) is 0. The van der Waals surface area contributed by atoms with Crippen LogP contribution in [0.5, 0.6) is 5.75 Å². The Balaban J connectivity index is 1.91. The molecule has 6 heteroatoms. The van der Waals surface area contributed by atoms with E-state index in [4.69, 9.17) is 4.74 Å². The molecular formula is C22H30N4O2. The van der Waals surface area contributed by atoms with Gasteiger partial charge in [-0.05, 0) is 50.1 Å². The number of ether oxygens (including phenoxy) is 1. The highest BCUT2D eigenvalue weighted by atomic mass is 16.5. The maximum absolute atomic E-state index is 11.8. The molecule has 150 valence electrons. The molecular weight excluding hydrogens is 352 g/mol. The van der Waals surface area contributed by atoms with Crippen molar-refractivity contribution in [2.24, 2.45) is 4.99 Å². The number of carbonyl (C=O) groups is 1. The lowest BCUT2D eigenvalue weighted by molar-refractivity contribution is 0.0956. The standard InChI is InChI=1S/C22H30N4O2/c1-5-24-21(27)18-11-8-17(9-12-18)14-25-22(23-4)26-15-19-10-7-16(3)13-20(19)28-6-2/h7-13H,5-6,14-15H2,1-4H3,(H,24,27)(H2,23,25,26). The van der Waals surface area contributed by atoms with E-state index < -0.39 is 0 Å². The zero-order valence-electron chi connectivity index (χ0n) is 17.1. The fourth-order valence-corrected chi connectivity index (χ4v) is 2.72. The summed E-state index contributed by atoms with van der Waals surface area (Å²) in [5.41, 5.74) is 3.99. The van der Waals surface area contributed by atoms with Crippen LogP contribution in [0.4, 0.5) is 0 Å². The van der Waals surface area contributed by atoms with Crippen LogP contribution in [0.25, 0.3) is 0 Å². The molecule has 0 saturated carbocycles. The van der Waals surface area contributed by atoms with Crippen molar-refractivity contribution >= 4 is 11.9 Å². The van der Waals surface area contributed by atoms with Gasteiger partial charge in [-0.3, -0.25) is 9.79 Å². The molecule has 2 rings (SSSR count). The summed E-state index contributed by atoms with van der Waals surface area (Å²) in [4.78, 5) is 16.1. The van der Waals surface area contributed by atoms with E-state index in [2.05, 4.69) is 40.0 Å². The predicted octanol–water partition coefficient (Wildman–Crippen LogP) is 3.01. The maximum atomic E-state index is 11.8. The molecule has 0 heterocycles. The van der Waals surface area contributed by atoms with Crippen LogP contribution in [-0.4, -0.2) is 32.1 Å². The van der Waals surface area contributed by atoms with Gasteiger partial charge in [-0.2, -0.15) is 0 Å². The monoisotopic (exact) mass is 382 g/mol. The quantitative estimate of drug-likeness (QED) is 0.485. The van der Waals surface area contributed by atoms with Crippen LogP contribution in [0.15, 0.2) is 47.5 Å². The first-order valence-corrected chi connectivity index (χ1v) is 9.61. The summed E-state index contributed by atoms with van der Waals surface area (Å²) < 4.78 is 5.73. The van der Waals surface area contributed by atoms with Crippen molar-refractivity contribution in [2.75, 3.05) is 20.2 Å². The second-order valence-electron chi connectivity index (χ2n) is 6.38. The van der Waals surface area contributed by atoms with Crippen LogP contribution in [0.2, 0.25) is 0 Å². The summed E-state index contributed by atoms with van der Waals surface area (Å²) in [7, 11) is 1.74. The molecule has 2 aromatic carbocycles. The van der Waals surface area contributed by atoms with Crippen molar-refractivity contribution in [3.8, 4) is 5.75 Å². The van der Waals surface area contributed by atoms with E-state index in [1.54, 1.807) is 7.05 Å². The molecule has 28 heavy (non-hydrogen) atoms. The number of nitrogens with one attached hydrogen (secondary N) is 3. The highest BCUT2D eigenvalue weighted by Gasteiger charge is 2.06. The van der Waals surface area contributed by atoms with Crippen molar-refractivity contribution in [3.05, 3.63) is 64.7 Å². The fourth-order valence-electron chi connectivity index (χ4n) is 2.72. The van der Waals surface area contributed by atoms with E-state index in [1.807, 2.05) is 44.2 Å². The minimum Gasteiger partial charge on any atom is -0.494 e. The normalized spacial score (nSPS) is 11.1. The van der Waals surface area contributed by atoms with Crippen LogP contribution in [0.3, 0.4) is 0 Å². The van der Waals surface area contributed by atoms with Crippen molar-refractivity contribution in [1.82, 2.24) is 16.0 Å². The second-order valence-corrected chi connectivity index (χ2v) is 6.38. The Hall–Kier alpha value is -3.02. The minimum atomic E-state index is -0.0531. The number of amides is 1. The number of guanidine groups is 1. The number of hydrogen-bond acceptors (Lipinski definition) is 3. The molecule has 0 fully saturated rings. The van der Waals surface area contributed by atoms with Gasteiger partial charge < -0.3 is 20.7 Å². The van der Waals surface area contributed by atoms with Crippen LogP contribution in [0, 0.1) is 6.92 Å². The summed E-state index contributed by atoms with van der Waals surface area (Å²) >= 11 is 0. The lowest BCUT2D eigenvalue weighted by atomic mass is 10.1. The van der Waals surface area contributed by atoms with E-state index in [0.717, 1.165) is 16.9 Å². The minimum absolute atomic E-state index is 0.0531. The predicted molar refractivity (Wildman–Crippen MR) is 114 cm³/mol. The van der Waals surface area contributed by atoms with E-state index in [1.165, 1.54) is 5.56 Å². The Bertz CT molecular complexity index is 801. The van der Waals surface area contributed by atoms with Gasteiger partial charge in [0.05, 0.1) is 6.61 Å². The smallest absolute Gasteiger partial charge is 0.251 e. The molecule has 3 N–H and O–H groups in total. The van der Waals surface area contributed by atoms with Gasteiger partial charge in [-0.1, -0.05) is 24.3 Å². The average molecular weight is 383 g/mol. The second kappa shape index (κ2) is 11.0. The number of hydrogen-bond donors (Lipinski definition) is 3. The highest BCUT2D eigenvalue weighted by Crippen LogP contribution is 2.20. The Morgan fingerprint density at radius 3 is 2.36 bits per heavy atom. The zero-order valence-corrected chi connectivity index (χ0v) is 17.1. The molecule has 0 spiro atoms. The summed E-state index contributed by atoms with van der Waals surface area (Å²) in [5.74, 6) is 1.55. The molecule has 1 amide bonds. The van der Waals surface area contributed by atoms with Gasteiger partial charge in [0.25, 0.3) is 5.91 Å². The number of aliphatic imine (C=N–C) groups is 1. The van der Waals surface area contributed by atoms with Gasteiger partial charge in [0.1, 0.15) is 5.75 Å². The molecule has 0 bridgehead atoms. The molecule has 0 aromatic heterocycles. The first kappa shape index (κ1) is 21.3. The van der Waals surface area contributed by atoms with Gasteiger partial charge in [0.2, 0.25) is 0 Å². The van der Waals surface area contributed by atoms with Gasteiger partial charge in [-0.25, -0.2) is 0 Å². The summed E-state index contributed by atoms with van der Waals surface area (Å²) in [6, 6.07) is 13.7. The van der Waals surface area contributed by atoms with Gasteiger partial charge in [0, 0.05) is 37.8 Å². The largest absolute Gasteiger partial charge is 0.494 e. The van der Waals surface area contributed by atoms with Gasteiger partial charge in [-0.15, -0.1) is 0 Å². The van der Waals surface area contributed by atoms with E-state index >= 15 is 0 Å². The van der Waals surface area contributed by atoms with Crippen LogP contribution in [-0.2, 0) is 13.1 Å². The maximum Gasteiger partial charge on any atom is 0.251 e. The van der Waals surface area contributed by atoms with E-state index in [0.29, 0.717) is 37.8 Å². The van der Waals surface area contributed by atoms with Gasteiger partial charge in [0.15, 0.2) is 5.96 Å². The number of carbonyl (C=O) groups excluding carboxylic acids is 1. The first-order valence-electron chi connectivity index (χ1n) is 9.61. The Morgan fingerprint density at radius 1 is 1.00 bits per heavy atom. The molecule has 0 aliphatic rings.